The topological polar surface area (TPSA) is 66.0 Å². The molecule has 1 aromatic carbocycles. The van der Waals surface area contributed by atoms with Gasteiger partial charge in [0.05, 0.1) is 35.4 Å². The third-order valence-electron chi connectivity index (χ3n) is 5.58. The van der Waals surface area contributed by atoms with Crippen LogP contribution in [-0.4, -0.2) is 32.4 Å². The predicted molar refractivity (Wildman–Crippen MR) is 108 cm³/mol. The van der Waals surface area contributed by atoms with Crippen molar-refractivity contribution < 1.29 is 9.26 Å². The number of hydrogen-bond acceptors (Lipinski definition) is 5. The lowest BCUT2D eigenvalue weighted by molar-refractivity contribution is 0.00628. The SMILES string of the molecule is Cc1ccc2ncc3nc(Cc4cc(C)no4)n(C4CCO[C@H](C)C4)c3c2c1. The van der Waals surface area contributed by atoms with Crippen LogP contribution in [0, 0.1) is 13.8 Å². The summed E-state index contributed by atoms with van der Waals surface area (Å²) in [5.74, 6) is 1.84. The van der Waals surface area contributed by atoms with E-state index in [0.717, 1.165) is 53.1 Å². The van der Waals surface area contributed by atoms with E-state index in [1.807, 2.05) is 19.2 Å². The minimum absolute atomic E-state index is 0.242. The number of rotatable bonds is 3. The number of ether oxygens (including phenoxy) is 1. The van der Waals surface area contributed by atoms with Crippen LogP contribution in [0.4, 0.5) is 0 Å². The molecule has 4 aromatic rings. The number of aromatic nitrogens is 4. The number of fused-ring (bicyclic) bond motifs is 3. The van der Waals surface area contributed by atoms with Crippen LogP contribution in [0.5, 0.6) is 0 Å². The highest BCUT2D eigenvalue weighted by Gasteiger charge is 2.26. The normalized spacial score (nSPS) is 20.2. The number of pyridine rings is 1. The minimum atomic E-state index is 0.242. The van der Waals surface area contributed by atoms with Gasteiger partial charge in [-0.25, -0.2) is 4.98 Å². The number of benzene rings is 1. The molecule has 3 aromatic heterocycles. The number of nitrogens with zero attached hydrogens (tertiary/aromatic N) is 4. The third kappa shape index (κ3) is 2.98. The fraction of sp³-hybridized carbons (Fsp3) is 0.409. The molecule has 6 heteroatoms. The maximum atomic E-state index is 5.81. The number of aryl methyl sites for hydroxylation is 2. The second kappa shape index (κ2) is 6.71. The molecule has 1 aliphatic heterocycles. The smallest absolute Gasteiger partial charge is 0.144 e. The zero-order valence-electron chi connectivity index (χ0n) is 16.5. The first-order chi connectivity index (χ1) is 13.6. The quantitative estimate of drug-likeness (QED) is 0.526. The first-order valence-electron chi connectivity index (χ1n) is 9.88. The number of hydrogen-bond donors (Lipinski definition) is 0. The van der Waals surface area contributed by atoms with Gasteiger partial charge in [-0.15, -0.1) is 0 Å². The van der Waals surface area contributed by atoms with Crippen LogP contribution < -0.4 is 0 Å². The molecule has 0 N–H and O–H groups in total. The molecule has 1 fully saturated rings. The van der Waals surface area contributed by atoms with Crippen LogP contribution in [0.1, 0.15) is 48.6 Å². The first-order valence-corrected chi connectivity index (χ1v) is 9.88. The Labute approximate surface area is 163 Å². The van der Waals surface area contributed by atoms with Crippen molar-refractivity contribution in [3.8, 4) is 0 Å². The van der Waals surface area contributed by atoms with E-state index < -0.39 is 0 Å². The molecule has 0 saturated carbocycles. The van der Waals surface area contributed by atoms with Gasteiger partial charge in [-0.3, -0.25) is 4.98 Å². The first kappa shape index (κ1) is 17.4. The molecule has 1 aliphatic rings. The van der Waals surface area contributed by atoms with Gasteiger partial charge in [0.2, 0.25) is 0 Å². The highest BCUT2D eigenvalue weighted by molar-refractivity contribution is 6.02. The van der Waals surface area contributed by atoms with Gasteiger partial charge in [0.1, 0.15) is 17.1 Å². The van der Waals surface area contributed by atoms with Crippen molar-refractivity contribution in [3.63, 3.8) is 0 Å². The molecule has 2 atom stereocenters. The van der Waals surface area contributed by atoms with Crippen molar-refractivity contribution in [1.82, 2.24) is 19.7 Å². The van der Waals surface area contributed by atoms with Crippen molar-refractivity contribution >= 4 is 21.9 Å². The Morgan fingerprint density at radius 1 is 1.18 bits per heavy atom. The number of imidazole rings is 1. The zero-order valence-corrected chi connectivity index (χ0v) is 16.5. The van der Waals surface area contributed by atoms with E-state index in [1.54, 1.807) is 0 Å². The van der Waals surface area contributed by atoms with Gasteiger partial charge in [0.25, 0.3) is 0 Å². The lowest BCUT2D eigenvalue weighted by Crippen LogP contribution is -2.26. The molecule has 1 saturated heterocycles. The molecule has 0 spiro atoms. The maximum Gasteiger partial charge on any atom is 0.144 e. The van der Waals surface area contributed by atoms with Crippen molar-refractivity contribution in [2.45, 2.75) is 52.2 Å². The second-order valence-electron chi connectivity index (χ2n) is 7.88. The van der Waals surface area contributed by atoms with E-state index in [4.69, 9.17) is 14.2 Å². The fourth-order valence-electron chi connectivity index (χ4n) is 4.32. The molecule has 144 valence electrons. The maximum absolute atomic E-state index is 5.81. The molecule has 0 amide bonds. The summed E-state index contributed by atoms with van der Waals surface area (Å²) in [6.45, 7) is 6.98. The van der Waals surface area contributed by atoms with Gasteiger partial charge < -0.3 is 13.8 Å². The summed E-state index contributed by atoms with van der Waals surface area (Å²) < 4.78 is 13.7. The average molecular weight is 376 g/mol. The van der Waals surface area contributed by atoms with E-state index >= 15 is 0 Å². The lowest BCUT2D eigenvalue weighted by atomic mass is 10.0. The van der Waals surface area contributed by atoms with Crippen molar-refractivity contribution in [2.24, 2.45) is 0 Å². The van der Waals surface area contributed by atoms with E-state index in [-0.39, 0.29) is 6.10 Å². The Balaban J connectivity index is 1.74. The summed E-state index contributed by atoms with van der Waals surface area (Å²) in [6, 6.07) is 8.74. The van der Waals surface area contributed by atoms with E-state index in [9.17, 15) is 0 Å². The summed E-state index contributed by atoms with van der Waals surface area (Å²) in [5.41, 5.74) is 5.21. The monoisotopic (exact) mass is 376 g/mol. The predicted octanol–water partition coefficient (Wildman–Crippen LogP) is 4.52. The van der Waals surface area contributed by atoms with Crippen molar-refractivity contribution in [2.75, 3.05) is 6.61 Å². The van der Waals surface area contributed by atoms with E-state index in [1.165, 1.54) is 11.1 Å². The lowest BCUT2D eigenvalue weighted by Gasteiger charge is -2.30. The van der Waals surface area contributed by atoms with E-state index in [0.29, 0.717) is 12.5 Å². The standard InChI is InChI=1S/C22H24N4O2/c1-13-4-5-19-18(8-13)22-20(12-23-19)24-21(11-17-9-14(2)25-28-17)26(22)16-6-7-27-15(3)10-16/h4-5,8-9,12,15-16H,6-7,10-11H2,1-3H3/t15-,16?/m1/s1. The highest BCUT2D eigenvalue weighted by atomic mass is 16.5. The molecule has 5 rings (SSSR count). The molecular weight excluding hydrogens is 352 g/mol. The molecule has 28 heavy (non-hydrogen) atoms. The Bertz CT molecular complexity index is 1160. The van der Waals surface area contributed by atoms with Gasteiger partial charge in [-0.2, -0.15) is 0 Å². The Morgan fingerprint density at radius 2 is 2.07 bits per heavy atom. The Kier molecular flexibility index (Phi) is 4.16. The second-order valence-corrected chi connectivity index (χ2v) is 7.88. The largest absolute Gasteiger partial charge is 0.378 e. The van der Waals surface area contributed by atoms with Gasteiger partial charge in [0, 0.05) is 24.1 Å². The highest BCUT2D eigenvalue weighted by Crippen LogP contribution is 2.34. The Morgan fingerprint density at radius 3 is 2.86 bits per heavy atom. The summed E-state index contributed by atoms with van der Waals surface area (Å²) in [5, 5.41) is 5.19. The Hall–Kier alpha value is -2.73. The third-order valence-corrected chi connectivity index (χ3v) is 5.58. The molecule has 0 aliphatic carbocycles. The van der Waals surface area contributed by atoms with Crippen LogP contribution >= 0.6 is 0 Å². The molecule has 1 unspecified atom stereocenters. The summed E-state index contributed by atoms with van der Waals surface area (Å²) in [6.07, 6.45) is 4.71. The fourth-order valence-corrected chi connectivity index (χ4v) is 4.32. The zero-order chi connectivity index (χ0) is 19.3. The van der Waals surface area contributed by atoms with Crippen LogP contribution in [-0.2, 0) is 11.2 Å². The van der Waals surface area contributed by atoms with Crippen LogP contribution in [0.25, 0.3) is 21.9 Å². The molecule has 6 nitrogen and oxygen atoms in total. The van der Waals surface area contributed by atoms with Crippen molar-refractivity contribution in [3.05, 3.63) is 53.3 Å². The van der Waals surface area contributed by atoms with Crippen LogP contribution in [0.2, 0.25) is 0 Å². The van der Waals surface area contributed by atoms with E-state index in [2.05, 4.69) is 46.8 Å². The van der Waals surface area contributed by atoms with Gasteiger partial charge in [-0.1, -0.05) is 16.8 Å². The van der Waals surface area contributed by atoms with Crippen LogP contribution in [0.15, 0.2) is 35.0 Å². The van der Waals surface area contributed by atoms with Gasteiger partial charge >= 0.3 is 0 Å². The molecule has 4 heterocycles. The van der Waals surface area contributed by atoms with Gasteiger partial charge in [-0.05, 0) is 45.7 Å². The molecule has 0 radical (unpaired) electrons. The average Bonchev–Trinajstić information content (AvgIpc) is 3.25. The molecule has 0 bridgehead atoms. The molecular formula is C22H24N4O2. The minimum Gasteiger partial charge on any atom is -0.378 e. The van der Waals surface area contributed by atoms with Crippen LogP contribution in [0.3, 0.4) is 0 Å². The van der Waals surface area contributed by atoms with Gasteiger partial charge in [0.15, 0.2) is 0 Å². The van der Waals surface area contributed by atoms with Crippen molar-refractivity contribution in [1.29, 1.82) is 0 Å². The summed E-state index contributed by atoms with van der Waals surface area (Å²) >= 11 is 0. The summed E-state index contributed by atoms with van der Waals surface area (Å²) in [7, 11) is 0. The summed E-state index contributed by atoms with van der Waals surface area (Å²) in [4.78, 5) is 9.61.